The first-order chi connectivity index (χ1) is 17.2. The van der Waals surface area contributed by atoms with Crippen LogP contribution in [-0.2, 0) is 32.0 Å². The first kappa shape index (κ1) is 30.2. The van der Waals surface area contributed by atoms with E-state index in [1.54, 1.807) is 0 Å². The van der Waals surface area contributed by atoms with E-state index in [0.29, 0.717) is 0 Å². The number of phosphoric ester groups is 2. The zero-order chi connectivity index (χ0) is 27.7. The topological polar surface area (TPSA) is 295 Å². The lowest BCUT2D eigenvalue weighted by molar-refractivity contribution is -0.247. The number of phosphoric acid groups is 2. The molecule has 0 amide bonds. The van der Waals surface area contributed by atoms with E-state index < -0.39 is 89.7 Å². The summed E-state index contributed by atoms with van der Waals surface area (Å²) in [4.78, 5) is 35.3. The largest absolute Gasteiger partial charge is 0.483 e. The quantitative estimate of drug-likeness (QED) is 0.119. The minimum absolute atomic E-state index is 0.111. The second-order valence-electron chi connectivity index (χ2n) is 8.03. The van der Waals surface area contributed by atoms with Gasteiger partial charge in [-0.05, 0) is 13.1 Å². The van der Waals surface area contributed by atoms with Gasteiger partial charge < -0.3 is 55.8 Å². The summed E-state index contributed by atoms with van der Waals surface area (Å²) in [5, 5.41) is 52.1. The van der Waals surface area contributed by atoms with Crippen LogP contribution < -0.4 is 16.7 Å². The normalized spacial score (nSPS) is 37.7. The highest BCUT2D eigenvalue weighted by atomic mass is 31.3. The van der Waals surface area contributed by atoms with E-state index in [4.69, 9.17) is 19.7 Å². The highest BCUT2D eigenvalue weighted by Gasteiger charge is 2.49. The van der Waals surface area contributed by atoms with Crippen molar-refractivity contribution >= 4 is 21.5 Å². The van der Waals surface area contributed by atoms with Gasteiger partial charge in [-0.2, -0.15) is 9.29 Å². The third-order valence-electron chi connectivity index (χ3n) is 5.52. The number of aliphatic hydroxyl groups is 5. The molecule has 0 bridgehead atoms. The molecular formula is C16H28N4O15P2. The van der Waals surface area contributed by atoms with Gasteiger partial charge in [0.05, 0.1) is 19.3 Å². The Labute approximate surface area is 208 Å². The van der Waals surface area contributed by atoms with E-state index >= 15 is 0 Å². The fourth-order valence-corrected chi connectivity index (χ4v) is 5.83. The van der Waals surface area contributed by atoms with Crippen molar-refractivity contribution in [3.63, 3.8) is 0 Å². The molecule has 0 aromatic carbocycles. The number of nitrogen functional groups attached to an aromatic ring is 1. The van der Waals surface area contributed by atoms with Gasteiger partial charge in [0.15, 0.2) is 12.5 Å². The van der Waals surface area contributed by atoms with E-state index in [1.807, 2.05) is 0 Å². The Morgan fingerprint density at radius 1 is 1.08 bits per heavy atom. The number of nitrogens with zero attached hydrogens (tertiary/aromatic N) is 2. The van der Waals surface area contributed by atoms with Crippen LogP contribution in [0.15, 0.2) is 17.1 Å². The molecular weight excluding hydrogens is 550 g/mol. The molecule has 0 saturated carbocycles. The molecule has 2 fully saturated rings. The Kier molecular flexibility index (Phi) is 9.61. The Morgan fingerprint density at radius 3 is 2.32 bits per heavy atom. The standard InChI is InChI=1S/C16H28N4O15P2/c1-18-9-12(24)10(22)6(4-21)33-15(9)34-37(29,30)35-36(27,28)31-5-7-11(23)13(25)14(32-7)20-3-2-8(17)19-16(20)26/h2-3,6-7,9-15,18,21-25H,4-5H2,1H3,(H,27,28)(H,29,30)(H2,17,19,26)/t6-,7+,9-,10-,11+,12-,13+,14+,15+/m0/s1. The molecule has 21 heteroatoms. The first-order valence-electron chi connectivity index (χ1n) is 10.6. The van der Waals surface area contributed by atoms with Gasteiger partial charge >= 0.3 is 21.3 Å². The number of anilines is 1. The fraction of sp³-hybridized carbons (Fsp3) is 0.750. The summed E-state index contributed by atoms with van der Waals surface area (Å²) in [7, 11) is -9.60. The minimum atomic E-state index is -5.47. The molecule has 1 aromatic heterocycles. The summed E-state index contributed by atoms with van der Waals surface area (Å²) in [5.41, 5.74) is 4.47. The average molecular weight is 578 g/mol. The van der Waals surface area contributed by atoms with Crippen LogP contribution >= 0.6 is 15.6 Å². The molecule has 0 spiro atoms. The van der Waals surface area contributed by atoms with E-state index in [1.165, 1.54) is 13.1 Å². The predicted molar refractivity (Wildman–Crippen MR) is 117 cm³/mol. The lowest BCUT2D eigenvalue weighted by Gasteiger charge is -2.41. The summed E-state index contributed by atoms with van der Waals surface area (Å²) in [6.45, 7) is -1.77. The third-order valence-corrected chi connectivity index (χ3v) is 8.12. The van der Waals surface area contributed by atoms with Crippen molar-refractivity contribution in [2.45, 2.75) is 55.2 Å². The molecule has 10 N–H and O–H groups in total. The Hall–Kier alpha value is -1.38. The zero-order valence-corrected chi connectivity index (χ0v) is 20.8. The predicted octanol–water partition coefficient (Wildman–Crippen LogP) is -4.28. The molecule has 19 nitrogen and oxygen atoms in total. The summed E-state index contributed by atoms with van der Waals surface area (Å²) in [5.74, 6) is -0.111. The van der Waals surface area contributed by atoms with Crippen LogP contribution in [0.3, 0.4) is 0 Å². The molecule has 2 unspecified atom stereocenters. The van der Waals surface area contributed by atoms with Crippen LogP contribution in [0.5, 0.6) is 0 Å². The number of hydrogen-bond donors (Lipinski definition) is 9. The molecule has 37 heavy (non-hydrogen) atoms. The summed E-state index contributed by atoms with van der Waals surface area (Å²) < 4.78 is 49.4. The summed E-state index contributed by atoms with van der Waals surface area (Å²) in [6, 6.07) is -0.105. The second kappa shape index (κ2) is 11.8. The van der Waals surface area contributed by atoms with Gasteiger partial charge in [-0.1, -0.05) is 0 Å². The van der Waals surface area contributed by atoms with E-state index in [9.17, 15) is 49.2 Å². The minimum Gasteiger partial charge on any atom is -0.394 e. The highest BCUT2D eigenvalue weighted by molar-refractivity contribution is 7.61. The van der Waals surface area contributed by atoms with Gasteiger partial charge in [0.25, 0.3) is 0 Å². The number of aliphatic hydroxyl groups excluding tert-OH is 5. The van der Waals surface area contributed by atoms with Gasteiger partial charge in [0, 0.05) is 6.20 Å². The number of nitrogens with one attached hydrogen (secondary N) is 1. The molecule has 0 radical (unpaired) electrons. The zero-order valence-electron chi connectivity index (χ0n) is 19.0. The molecule has 2 aliphatic rings. The maximum Gasteiger partial charge on any atom is 0.483 e. The van der Waals surface area contributed by atoms with Gasteiger partial charge in [0.1, 0.15) is 42.4 Å². The van der Waals surface area contributed by atoms with Crippen LogP contribution in [0.2, 0.25) is 0 Å². The number of ether oxygens (including phenoxy) is 2. The summed E-state index contributed by atoms with van der Waals surface area (Å²) in [6.07, 6.45) is -11.8. The van der Waals surface area contributed by atoms with E-state index in [-0.39, 0.29) is 5.82 Å². The Morgan fingerprint density at radius 2 is 1.73 bits per heavy atom. The maximum atomic E-state index is 12.4. The molecule has 1 aromatic rings. The van der Waals surface area contributed by atoms with E-state index in [2.05, 4.69) is 19.1 Å². The molecule has 2 aliphatic heterocycles. The molecule has 212 valence electrons. The fourth-order valence-electron chi connectivity index (χ4n) is 3.67. The Balaban J connectivity index is 1.62. The lowest BCUT2D eigenvalue weighted by Crippen LogP contribution is -2.63. The van der Waals surface area contributed by atoms with Crippen molar-refractivity contribution in [3.8, 4) is 0 Å². The van der Waals surface area contributed by atoms with Crippen molar-refractivity contribution in [3.05, 3.63) is 22.7 Å². The molecule has 3 rings (SSSR count). The van der Waals surface area contributed by atoms with Crippen molar-refractivity contribution < 1.29 is 67.3 Å². The third kappa shape index (κ3) is 6.99. The lowest BCUT2D eigenvalue weighted by atomic mass is 9.97. The van der Waals surface area contributed by atoms with Crippen molar-refractivity contribution in [1.82, 2.24) is 14.9 Å². The number of likely N-dealkylation sites (N-methyl/N-ethyl adjacent to an activating group) is 1. The van der Waals surface area contributed by atoms with Crippen LogP contribution in [-0.4, -0.2) is 114 Å². The van der Waals surface area contributed by atoms with E-state index in [0.717, 1.165) is 10.8 Å². The van der Waals surface area contributed by atoms with Gasteiger partial charge in [-0.15, -0.1) is 0 Å². The Bertz CT molecular complexity index is 1090. The summed E-state index contributed by atoms with van der Waals surface area (Å²) >= 11 is 0. The number of nitrogens with two attached hydrogens (primary N) is 1. The first-order valence-corrected chi connectivity index (χ1v) is 13.5. The SMILES string of the molecule is CN[C@@H]1[C@@H](OP(=O)(O)OP(=O)(O)OC[C@H]2O[C@@H](n3ccc(N)nc3=O)[C@H](O)[C@@H]2O)O[C@@H](CO)[C@H](O)[C@H]1O. The second-order valence-corrected chi connectivity index (χ2v) is 11.0. The van der Waals surface area contributed by atoms with Crippen LogP contribution in [0.1, 0.15) is 6.23 Å². The number of aromatic nitrogens is 2. The molecule has 2 saturated heterocycles. The maximum absolute atomic E-state index is 12.4. The smallest absolute Gasteiger partial charge is 0.394 e. The van der Waals surface area contributed by atoms with Crippen molar-refractivity contribution in [1.29, 1.82) is 0 Å². The van der Waals surface area contributed by atoms with Gasteiger partial charge in [0.2, 0.25) is 0 Å². The van der Waals surface area contributed by atoms with Crippen LogP contribution in [0.25, 0.3) is 0 Å². The monoisotopic (exact) mass is 578 g/mol. The van der Waals surface area contributed by atoms with Crippen LogP contribution in [0, 0.1) is 0 Å². The van der Waals surface area contributed by atoms with Crippen LogP contribution in [0.4, 0.5) is 5.82 Å². The van der Waals surface area contributed by atoms with Gasteiger partial charge in [-0.25, -0.2) is 13.9 Å². The highest BCUT2D eigenvalue weighted by Crippen LogP contribution is 2.61. The molecule has 3 heterocycles. The molecule has 11 atom stereocenters. The van der Waals surface area contributed by atoms with Crippen molar-refractivity contribution in [2.75, 3.05) is 26.0 Å². The van der Waals surface area contributed by atoms with Gasteiger partial charge in [-0.3, -0.25) is 13.6 Å². The number of hydrogen-bond acceptors (Lipinski definition) is 16. The average Bonchev–Trinajstić information content (AvgIpc) is 3.08. The number of rotatable bonds is 10. The molecule has 0 aliphatic carbocycles. The van der Waals surface area contributed by atoms with Crippen molar-refractivity contribution in [2.24, 2.45) is 0 Å².